The number of morpholine rings is 1. The highest BCUT2D eigenvalue weighted by Crippen LogP contribution is 2.45. The molecule has 3 atom stereocenters. The molecule has 0 N–H and O–H groups in total. The first-order valence-electron chi connectivity index (χ1n) is 11.6. The quantitative estimate of drug-likeness (QED) is 0.313. The van der Waals surface area contributed by atoms with Gasteiger partial charge in [-0.2, -0.15) is 0 Å². The van der Waals surface area contributed by atoms with Crippen molar-refractivity contribution in [3.8, 4) is 0 Å². The Hall–Kier alpha value is -2.08. The number of carbonyl (C=O) groups is 2. The van der Waals surface area contributed by atoms with Crippen LogP contribution in [0.3, 0.4) is 0 Å². The summed E-state index contributed by atoms with van der Waals surface area (Å²) in [5.41, 5.74) is 1.79. The number of ether oxygens (including phenoxy) is 2. The molecular formula is C26H29Cl2NO4. The molecule has 1 saturated heterocycles. The predicted octanol–water partition coefficient (Wildman–Crippen LogP) is 6.15. The van der Waals surface area contributed by atoms with Crippen molar-refractivity contribution in [3.05, 3.63) is 69.7 Å². The van der Waals surface area contributed by atoms with Crippen LogP contribution in [0.4, 0.5) is 0 Å². The van der Waals surface area contributed by atoms with Crippen LogP contribution in [0.2, 0.25) is 10.0 Å². The molecule has 1 amide bonds. The van der Waals surface area contributed by atoms with Crippen LogP contribution in [0.25, 0.3) is 0 Å². The molecule has 0 spiro atoms. The molecule has 0 radical (unpaired) electrons. The normalized spacial score (nSPS) is 22.9. The Labute approximate surface area is 205 Å². The SMILES string of the molecule is CCCCOC(=O)C[C@H]1O[C@@H](c2cccc(Cl)c2)[C@H](c2ccc(Cl)cc2)N(CC2CC2)C1=O. The van der Waals surface area contributed by atoms with E-state index >= 15 is 0 Å². The lowest BCUT2D eigenvalue weighted by molar-refractivity contribution is -0.180. The van der Waals surface area contributed by atoms with E-state index in [4.69, 9.17) is 32.7 Å². The molecule has 0 unspecified atom stereocenters. The van der Waals surface area contributed by atoms with Crippen molar-refractivity contribution in [2.75, 3.05) is 13.2 Å². The molecule has 2 aliphatic rings. The van der Waals surface area contributed by atoms with E-state index in [2.05, 4.69) is 0 Å². The van der Waals surface area contributed by atoms with Gasteiger partial charge in [-0.1, -0.05) is 60.8 Å². The summed E-state index contributed by atoms with van der Waals surface area (Å²) in [6.45, 7) is 3.02. The first-order valence-corrected chi connectivity index (χ1v) is 12.3. The molecule has 1 saturated carbocycles. The van der Waals surface area contributed by atoms with E-state index in [1.165, 1.54) is 0 Å². The Kier molecular flexibility index (Phi) is 7.94. The van der Waals surface area contributed by atoms with Crippen LogP contribution in [0.1, 0.15) is 62.3 Å². The van der Waals surface area contributed by atoms with Gasteiger partial charge in [-0.15, -0.1) is 0 Å². The Morgan fingerprint density at radius 2 is 1.85 bits per heavy atom. The van der Waals surface area contributed by atoms with Crippen molar-refractivity contribution < 1.29 is 19.1 Å². The van der Waals surface area contributed by atoms with Crippen molar-refractivity contribution >= 4 is 35.1 Å². The van der Waals surface area contributed by atoms with Crippen LogP contribution < -0.4 is 0 Å². The maximum atomic E-state index is 13.6. The summed E-state index contributed by atoms with van der Waals surface area (Å²) in [4.78, 5) is 27.9. The van der Waals surface area contributed by atoms with Gasteiger partial charge in [0.15, 0.2) is 0 Å². The number of benzene rings is 2. The van der Waals surface area contributed by atoms with Crippen LogP contribution in [-0.4, -0.2) is 36.0 Å². The van der Waals surface area contributed by atoms with E-state index < -0.39 is 18.2 Å². The summed E-state index contributed by atoms with van der Waals surface area (Å²) in [5, 5.41) is 1.22. The largest absolute Gasteiger partial charge is 0.466 e. The molecule has 2 fully saturated rings. The third-order valence-electron chi connectivity index (χ3n) is 6.15. The number of halogens is 2. The van der Waals surface area contributed by atoms with Gasteiger partial charge in [0.25, 0.3) is 5.91 Å². The first-order chi connectivity index (χ1) is 16.0. The van der Waals surface area contributed by atoms with E-state index in [1.807, 2.05) is 54.3 Å². The lowest BCUT2D eigenvalue weighted by Crippen LogP contribution is -2.52. The van der Waals surface area contributed by atoms with Gasteiger partial charge in [0.05, 0.1) is 19.1 Å². The predicted molar refractivity (Wildman–Crippen MR) is 128 cm³/mol. The summed E-state index contributed by atoms with van der Waals surface area (Å²) in [6, 6.07) is 14.6. The second-order valence-corrected chi connectivity index (χ2v) is 9.68. The summed E-state index contributed by atoms with van der Waals surface area (Å²) >= 11 is 12.4. The molecule has 2 aromatic rings. The van der Waals surface area contributed by atoms with Crippen molar-refractivity contribution in [1.82, 2.24) is 4.90 Å². The number of rotatable bonds is 9. The van der Waals surface area contributed by atoms with Crippen molar-refractivity contribution in [2.45, 2.75) is 57.3 Å². The van der Waals surface area contributed by atoms with E-state index in [0.29, 0.717) is 29.1 Å². The number of hydrogen-bond acceptors (Lipinski definition) is 4. The standard InChI is InChI=1S/C26H29Cl2NO4/c1-2-3-13-32-23(30)15-22-26(31)29(16-17-7-8-17)24(18-9-11-20(27)12-10-18)25(33-22)19-5-4-6-21(28)14-19/h4-6,9-12,14,17,22,24-25H,2-3,7-8,13,15-16H2,1H3/t22-,24+,25+/m1/s1. The van der Waals surface area contributed by atoms with Crippen LogP contribution in [0.5, 0.6) is 0 Å². The third kappa shape index (κ3) is 6.08. The Bertz CT molecular complexity index is 977. The smallest absolute Gasteiger partial charge is 0.308 e. The van der Waals surface area contributed by atoms with Gasteiger partial charge in [0.1, 0.15) is 12.2 Å². The van der Waals surface area contributed by atoms with E-state index in [0.717, 1.165) is 36.8 Å². The minimum absolute atomic E-state index is 0.103. The molecule has 4 rings (SSSR count). The molecule has 2 aromatic carbocycles. The fourth-order valence-corrected chi connectivity index (χ4v) is 4.54. The maximum Gasteiger partial charge on any atom is 0.308 e. The number of esters is 1. The Morgan fingerprint density at radius 3 is 2.52 bits per heavy atom. The van der Waals surface area contributed by atoms with Crippen LogP contribution in [0.15, 0.2) is 48.5 Å². The van der Waals surface area contributed by atoms with Gasteiger partial charge in [-0.3, -0.25) is 9.59 Å². The average molecular weight is 490 g/mol. The number of amides is 1. The van der Waals surface area contributed by atoms with Gasteiger partial charge >= 0.3 is 5.97 Å². The number of hydrogen-bond donors (Lipinski definition) is 0. The van der Waals surface area contributed by atoms with Crippen molar-refractivity contribution in [3.63, 3.8) is 0 Å². The zero-order valence-corrected chi connectivity index (χ0v) is 20.2. The fourth-order valence-electron chi connectivity index (χ4n) is 4.21. The highest BCUT2D eigenvalue weighted by Gasteiger charge is 2.46. The van der Waals surface area contributed by atoms with Crippen LogP contribution in [-0.2, 0) is 19.1 Å². The van der Waals surface area contributed by atoms with Gasteiger partial charge < -0.3 is 14.4 Å². The molecule has 0 bridgehead atoms. The topological polar surface area (TPSA) is 55.8 Å². The van der Waals surface area contributed by atoms with E-state index in [-0.39, 0.29) is 18.4 Å². The van der Waals surface area contributed by atoms with Gasteiger partial charge in [0, 0.05) is 16.6 Å². The number of nitrogens with zero attached hydrogens (tertiary/aromatic N) is 1. The lowest BCUT2D eigenvalue weighted by atomic mass is 9.91. The molecule has 176 valence electrons. The van der Waals surface area contributed by atoms with E-state index in [9.17, 15) is 9.59 Å². The highest BCUT2D eigenvalue weighted by atomic mass is 35.5. The van der Waals surface area contributed by atoms with E-state index in [1.54, 1.807) is 6.07 Å². The Morgan fingerprint density at radius 1 is 1.09 bits per heavy atom. The molecule has 5 nitrogen and oxygen atoms in total. The second kappa shape index (κ2) is 10.9. The molecular weight excluding hydrogens is 461 g/mol. The second-order valence-electron chi connectivity index (χ2n) is 8.81. The lowest BCUT2D eigenvalue weighted by Gasteiger charge is -2.45. The minimum atomic E-state index is -0.898. The molecule has 1 heterocycles. The van der Waals surface area contributed by atoms with Crippen LogP contribution >= 0.6 is 23.2 Å². The summed E-state index contributed by atoms with van der Waals surface area (Å²) in [5.74, 6) is -0.116. The average Bonchev–Trinajstić information content (AvgIpc) is 3.61. The van der Waals surface area contributed by atoms with Crippen molar-refractivity contribution in [1.29, 1.82) is 0 Å². The zero-order valence-electron chi connectivity index (χ0n) is 18.7. The van der Waals surface area contributed by atoms with Gasteiger partial charge in [-0.05, 0) is 60.6 Å². The van der Waals surface area contributed by atoms with Gasteiger partial charge in [0.2, 0.25) is 0 Å². The Balaban J connectivity index is 1.67. The molecule has 1 aliphatic carbocycles. The molecule has 7 heteroatoms. The maximum absolute atomic E-state index is 13.6. The zero-order chi connectivity index (χ0) is 23.4. The minimum Gasteiger partial charge on any atom is -0.466 e. The summed E-state index contributed by atoms with van der Waals surface area (Å²) in [7, 11) is 0. The fraction of sp³-hybridized carbons (Fsp3) is 0.462. The monoisotopic (exact) mass is 489 g/mol. The summed E-state index contributed by atoms with van der Waals surface area (Å²) < 4.78 is 11.7. The first kappa shape index (κ1) is 24.1. The third-order valence-corrected chi connectivity index (χ3v) is 6.63. The van der Waals surface area contributed by atoms with Gasteiger partial charge in [-0.25, -0.2) is 0 Å². The molecule has 0 aromatic heterocycles. The summed E-state index contributed by atoms with van der Waals surface area (Å²) in [6.07, 6.45) is 2.45. The molecule has 33 heavy (non-hydrogen) atoms. The van der Waals surface area contributed by atoms with Crippen molar-refractivity contribution in [2.24, 2.45) is 5.92 Å². The highest BCUT2D eigenvalue weighted by molar-refractivity contribution is 6.30. The van der Waals surface area contributed by atoms with Crippen LogP contribution in [0, 0.1) is 5.92 Å². The molecule has 1 aliphatic heterocycles. The number of unbranched alkanes of at least 4 members (excludes halogenated alkanes) is 1. The number of carbonyl (C=O) groups excluding carboxylic acids is 2.